The quantitative estimate of drug-likeness (QED) is 0.262. The van der Waals surface area contributed by atoms with Crippen LogP contribution in [0, 0.1) is 0 Å². The van der Waals surface area contributed by atoms with E-state index in [1.54, 1.807) is 43.5 Å². The molecule has 0 unspecified atom stereocenters. The molecule has 0 saturated carbocycles. The summed E-state index contributed by atoms with van der Waals surface area (Å²) in [5, 5.41) is 12.0. The zero-order chi connectivity index (χ0) is 22.9. The Morgan fingerprint density at radius 1 is 1.12 bits per heavy atom. The van der Waals surface area contributed by atoms with Gasteiger partial charge in [-0.2, -0.15) is 0 Å². The highest BCUT2D eigenvalue weighted by molar-refractivity contribution is 6.46. The number of rotatable bonds is 6. The van der Waals surface area contributed by atoms with Gasteiger partial charge in [0.25, 0.3) is 11.7 Å². The molecule has 1 amide bonds. The van der Waals surface area contributed by atoms with E-state index in [4.69, 9.17) is 9.15 Å². The monoisotopic (exact) mass is 442 g/mol. The molecule has 0 radical (unpaired) electrons. The number of ketones is 1. The number of likely N-dealkylation sites (tertiary alicyclic amines) is 1. The molecule has 2 N–H and O–H groups in total. The van der Waals surface area contributed by atoms with E-state index in [0.717, 1.165) is 22.2 Å². The first-order valence-electron chi connectivity index (χ1n) is 10.6. The first-order chi connectivity index (χ1) is 16.1. The molecule has 5 rings (SSSR count). The average molecular weight is 442 g/mol. The molecular weight excluding hydrogens is 420 g/mol. The SMILES string of the molecule is COc1ccc2[nH]cc(CCN3C(=O)C(=O)C(=C(O)c4ccccc4)[C@H]3c3ccco3)c2c1. The minimum absolute atomic E-state index is 0.0294. The van der Waals surface area contributed by atoms with Gasteiger partial charge in [-0.15, -0.1) is 0 Å². The first-order valence-corrected chi connectivity index (χ1v) is 10.6. The lowest BCUT2D eigenvalue weighted by Gasteiger charge is -2.23. The Labute approximate surface area is 189 Å². The zero-order valence-corrected chi connectivity index (χ0v) is 17.9. The highest BCUT2D eigenvalue weighted by Crippen LogP contribution is 2.39. The molecule has 3 heterocycles. The van der Waals surface area contributed by atoms with E-state index < -0.39 is 17.7 Å². The van der Waals surface area contributed by atoms with Gasteiger partial charge >= 0.3 is 0 Å². The fraction of sp³-hybridized carbons (Fsp3) is 0.154. The third-order valence-electron chi connectivity index (χ3n) is 6.00. The number of aliphatic hydroxyl groups is 1. The predicted molar refractivity (Wildman–Crippen MR) is 123 cm³/mol. The summed E-state index contributed by atoms with van der Waals surface area (Å²) in [5.74, 6) is -0.436. The third kappa shape index (κ3) is 3.57. The van der Waals surface area contributed by atoms with Crippen LogP contribution in [0.15, 0.2) is 83.1 Å². The molecule has 0 bridgehead atoms. The van der Waals surface area contributed by atoms with E-state index in [1.165, 1.54) is 11.2 Å². The van der Waals surface area contributed by atoms with Crippen LogP contribution in [0.4, 0.5) is 0 Å². The van der Waals surface area contributed by atoms with Crippen molar-refractivity contribution in [2.75, 3.05) is 13.7 Å². The van der Waals surface area contributed by atoms with E-state index in [9.17, 15) is 14.7 Å². The summed E-state index contributed by atoms with van der Waals surface area (Å²) in [7, 11) is 1.61. The number of aromatic amines is 1. The molecule has 1 fully saturated rings. The lowest BCUT2D eigenvalue weighted by Crippen LogP contribution is -2.31. The van der Waals surface area contributed by atoms with Crippen molar-refractivity contribution in [3.63, 3.8) is 0 Å². The molecule has 166 valence electrons. The Morgan fingerprint density at radius 2 is 1.94 bits per heavy atom. The number of amides is 1. The van der Waals surface area contributed by atoms with Gasteiger partial charge in [-0.3, -0.25) is 9.59 Å². The van der Waals surface area contributed by atoms with Crippen LogP contribution in [0.2, 0.25) is 0 Å². The maximum absolute atomic E-state index is 13.0. The molecule has 33 heavy (non-hydrogen) atoms. The number of aromatic nitrogens is 1. The second kappa shape index (κ2) is 8.35. The van der Waals surface area contributed by atoms with Crippen LogP contribution < -0.4 is 4.74 Å². The van der Waals surface area contributed by atoms with Crippen LogP contribution in [0.3, 0.4) is 0 Å². The van der Waals surface area contributed by atoms with E-state index >= 15 is 0 Å². The third-order valence-corrected chi connectivity index (χ3v) is 6.00. The summed E-state index contributed by atoms with van der Waals surface area (Å²) in [6, 6.07) is 17.1. The maximum Gasteiger partial charge on any atom is 0.295 e. The standard InChI is InChI=1S/C26H22N2O5/c1-32-18-9-10-20-19(14-18)17(15-27-20)11-12-28-23(21-8-5-13-33-21)22(25(30)26(28)31)24(29)16-6-3-2-4-7-16/h2-10,13-15,23,27,29H,11-12H2,1H3/t23-/m1/s1. The summed E-state index contributed by atoms with van der Waals surface area (Å²) < 4.78 is 10.9. The van der Waals surface area contributed by atoms with Gasteiger partial charge < -0.3 is 24.1 Å². The molecule has 1 atom stereocenters. The fourth-order valence-electron chi connectivity index (χ4n) is 4.34. The lowest BCUT2D eigenvalue weighted by molar-refractivity contribution is -0.140. The number of benzene rings is 2. The first kappa shape index (κ1) is 20.6. The van der Waals surface area contributed by atoms with Crippen molar-refractivity contribution in [1.82, 2.24) is 9.88 Å². The average Bonchev–Trinajstić information content (AvgIpc) is 3.57. The Bertz CT molecular complexity index is 1350. The van der Waals surface area contributed by atoms with Gasteiger partial charge in [0.05, 0.1) is 18.9 Å². The highest BCUT2D eigenvalue weighted by Gasteiger charge is 2.47. The number of methoxy groups -OCH3 is 1. The zero-order valence-electron chi connectivity index (χ0n) is 17.9. The predicted octanol–water partition coefficient (Wildman–Crippen LogP) is 4.43. The van der Waals surface area contributed by atoms with Gasteiger partial charge in [0, 0.05) is 29.2 Å². The number of hydrogen-bond acceptors (Lipinski definition) is 5. The van der Waals surface area contributed by atoms with Crippen LogP contribution >= 0.6 is 0 Å². The Morgan fingerprint density at radius 3 is 2.67 bits per heavy atom. The molecule has 1 aliphatic heterocycles. The number of nitrogens with zero attached hydrogens (tertiary/aromatic N) is 1. The maximum atomic E-state index is 13.0. The van der Waals surface area contributed by atoms with Gasteiger partial charge in [-0.1, -0.05) is 30.3 Å². The Balaban J connectivity index is 1.52. The molecule has 4 aromatic rings. The van der Waals surface area contributed by atoms with Gasteiger partial charge in [0.15, 0.2) is 0 Å². The number of furan rings is 1. The number of ether oxygens (including phenoxy) is 1. The Kier molecular flexibility index (Phi) is 5.22. The number of fused-ring (bicyclic) bond motifs is 1. The fourth-order valence-corrected chi connectivity index (χ4v) is 4.34. The molecular formula is C26H22N2O5. The summed E-state index contributed by atoms with van der Waals surface area (Å²) >= 11 is 0. The minimum Gasteiger partial charge on any atom is -0.507 e. The van der Waals surface area contributed by atoms with Crippen LogP contribution in [-0.4, -0.2) is 40.3 Å². The van der Waals surface area contributed by atoms with Crippen LogP contribution in [0.1, 0.15) is 22.9 Å². The van der Waals surface area contributed by atoms with Crippen LogP contribution in [0.25, 0.3) is 16.7 Å². The van der Waals surface area contributed by atoms with E-state index in [-0.39, 0.29) is 17.9 Å². The smallest absolute Gasteiger partial charge is 0.295 e. The topological polar surface area (TPSA) is 95.8 Å². The van der Waals surface area contributed by atoms with Gasteiger partial charge in [-0.05, 0) is 42.3 Å². The van der Waals surface area contributed by atoms with E-state index in [1.807, 2.05) is 30.5 Å². The summed E-state index contributed by atoms with van der Waals surface area (Å²) in [6.45, 7) is 0.270. The minimum atomic E-state index is -0.806. The largest absolute Gasteiger partial charge is 0.507 e. The number of Topliss-reactive ketones (excluding diaryl/α,β-unsaturated/α-hetero) is 1. The molecule has 2 aromatic heterocycles. The van der Waals surface area contributed by atoms with Crippen molar-refractivity contribution >= 4 is 28.4 Å². The molecule has 2 aromatic carbocycles. The number of carbonyl (C=O) groups is 2. The van der Waals surface area contributed by atoms with Crippen molar-refractivity contribution in [2.45, 2.75) is 12.5 Å². The Hall–Kier alpha value is -4.26. The number of aliphatic hydroxyl groups excluding tert-OH is 1. The van der Waals surface area contributed by atoms with Gasteiger partial charge in [0.1, 0.15) is 23.3 Å². The van der Waals surface area contributed by atoms with E-state index in [2.05, 4.69) is 4.98 Å². The molecule has 7 heteroatoms. The summed E-state index contributed by atoms with van der Waals surface area (Å²) in [5.41, 5.74) is 2.45. The number of hydrogen-bond donors (Lipinski definition) is 2. The van der Waals surface area contributed by atoms with Crippen molar-refractivity contribution in [2.24, 2.45) is 0 Å². The van der Waals surface area contributed by atoms with E-state index in [0.29, 0.717) is 17.7 Å². The number of carbonyl (C=O) groups excluding carboxylic acids is 2. The van der Waals surface area contributed by atoms with Crippen LogP contribution in [-0.2, 0) is 16.0 Å². The van der Waals surface area contributed by atoms with Crippen molar-refractivity contribution < 1.29 is 23.8 Å². The number of nitrogens with one attached hydrogen (secondary N) is 1. The summed E-state index contributed by atoms with van der Waals surface area (Å²) in [4.78, 5) is 30.8. The number of H-pyrrole nitrogens is 1. The molecule has 0 aliphatic carbocycles. The molecule has 1 aliphatic rings. The molecule has 0 spiro atoms. The second-order valence-electron chi connectivity index (χ2n) is 7.85. The van der Waals surface area contributed by atoms with Crippen molar-refractivity contribution in [3.8, 4) is 5.75 Å². The van der Waals surface area contributed by atoms with Crippen molar-refractivity contribution in [3.05, 3.63) is 95.6 Å². The van der Waals surface area contributed by atoms with Crippen molar-refractivity contribution in [1.29, 1.82) is 0 Å². The molecule has 7 nitrogen and oxygen atoms in total. The highest BCUT2D eigenvalue weighted by atomic mass is 16.5. The lowest BCUT2D eigenvalue weighted by atomic mass is 9.99. The van der Waals surface area contributed by atoms with Gasteiger partial charge in [-0.25, -0.2) is 0 Å². The van der Waals surface area contributed by atoms with Gasteiger partial charge in [0.2, 0.25) is 0 Å². The molecule has 1 saturated heterocycles. The van der Waals surface area contributed by atoms with Crippen LogP contribution in [0.5, 0.6) is 5.75 Å². The summed E-state index contributed by atoms with van der Waals surface area (Å²) in [6.07, 6.45) is 3.89. The second-order valence-corrected chi connectivity index (χ2v) is 7.85. The normalized spacial score (nSPS) is 17.7.